The average Bonchev–Trinajstić information content (AvgIpc) is 2.50. The predicted molar refractivity (Wildman–Crippen MR) is 93.2 cm³/mol. The molecule has 2 atom stereocenters. The van der Waals surface area contributed by atoms with Crippen LogP contribution in [0.1, 0.15) is 37.9 Å². The van der Waals surface area contributed by atoms with Crippen molar-refractivity contribution < 1.29 is 14.2 Å². The standard InChI is InChI=1S/C16H26INO3/c1-4-5-10-15(20-11-18-2)16(21-12-19-3)13-8-6-7-9-14(13)17/h6-9,15-16,18H,4-5,10-12H2,1-3H3/t15-,16-/m0/s1. The summed E-state index contributed by atoms with van der Waals surface area (Å²) in [5.74, 6) is 0. The predicted octanol–water partition coefficient (Wildman–Crippen LogP) is 3.71. The molecular weight excluding hydrogens is 381 g/mol. The maximum absolute atomic E-state index is 5.97. The number of halogens is 1. The zero-order valence-electron chi connectivity index (χ0n) is 13.1. The molecular formula is C16H26INO3. The Hall–Kier alpha value is -0.210. The van der Waals surface area contributed by atoms with Crippen LogP contribution in [0.25, 0.3) is 0 Å². The second-order valence-corrected chi connectivity index (χ2v) is 6.02. The number of nitrogens with one attached hydrogen (secondary N) is 1. The van der Waals surface area contributed by atoms with E-state index in [1.54, 1.807) is 7.11 Å². The third kappa shape index (κ3) is 6.61. The number of ether oxygens (including phenoxy) is 3. The number of methoxy groups -OCH3 is 1. The molecule has 0 unspecified atom stereocenters. The van der Waals surface area contributed by atoms with E-state index in [4.69, 9.17) is 14.2 Å². The van der Waals surface area contributed by atoms with E-state index in [1.807, 2.05) is 19.2 Å². The van der Waals surface area contributed by atoms with Crippen molar-refractivity contribution in [1.82, 2.24) is 5.32 Å². The van der Waals surface area contributed by atoms with E-state index >= 15 is 0 Å². The summed E-state index contributed by atoms with van der Waals surface area (Å²) in [7, 11) is 3.52. The minimum Gasteiger partial charge on any atom is -0.360 e. The van der Waals surface area contributed by atoms with Gasteiger partial charge in [0.15, 0.2) is 0 Å². The molecule has 0 spiro atoms. The highest BCUT2D eigenvalue weighted by Gasteiger charge is 2.26. The van der Waals surface area contributed by atoms with Crippen LogP contribution in [0.3, 0.4) is 0 Å². The lowest BCUT2D eigenvalue weighted by Crippen LogP contribution is -2.29. The number of unbranched alkanes of at least 4 members (excludes halogenated alkanes) is 1. The topological polar surface area (TPSA) is 39.7 Å². The number of hydrogen-bond acceptors (Lipinski definition) is 4. The van der Waals surface area contributed by atoms with E-state index < -0.39 is 0 Å². The minimum absolute atomic E-state index is 0.0171. The lowest BCUT2D eigenvalue weighted by Gasteiger charge is -2.28. The summed E-state index contributed by atoms with van der Waals surface area (Å²) in [6.07, 6.45) is 3.13. The molecule has 0 aliphatic rings. The summed E-state index contributed by atoms with van der Waals surface area (Å²) in [5.41, 5.74) is 1.16. The van der Waals surface area contributed by atoms with E-state index in [0.717, 1.165) is 24.8 Å². The van der Waals surface area contributed by atoms with Crippen molar-refractivity contribution in [3.63, 3.8) is 0 Å². The molecule has 0 aliphatic carbocycles. The van der Waals surface area contributed by atoms with E-state index in [1.165, 1.54) is 3.57 Å². The monoisotopic (exact) mass is 407 g/mol. The Balaban J connectivity index is 2.92. The van der Waals surface area contributed by atoms with Gasteiger partial charge in [0.25, 0.3) is 0 Å². The van der Waals surface area contributed by atoms with Gasteiger partial charge in [0.05, 0.1) is 12.8 Å². The third-order valence-corrected chi connectivity index (χ3v) is 4.18. The molecule has 0 radical (unpaired) electrons. The molecule has 21 heavy (non-hydrogen) atoms. The van der Waals surface area contributed by atoms with Gasteiger partial charge in [0.2, 0.25) is 0 Å². The van der Waals surface area contributed by atoms with Crippen molar-refractivity contribution in [2.75, 3.05) is 27.7 Å². The van der Waals surface area contributed by atoms with Crippen LogP contribution in [0.4, 0.5) is 0 Å². The maximum Gasteiger partial charge on any atom is 0.147 e. The number of rotatable bonds is 11. The van der Waals surface area contributed by atoms with Crippen LogP contribution in [0.15, 0.2) is 24.3 Å². The minimum atomic E-state index is -0.113. The Morgan fingerprint density at radius 3 is 2.62 bits per heavy atom. The van der Waals surface area contributed by atoms with Crippen LogP contribution in [0, 0.1) is 3.57 Å². The van der Waals surface area contributed by atoms with Crippen LogP contribution in [-0.4, -0.2) is 33.8 Å². The molecule has 1 N–H and O–H groups in total. The molecule has 0 bridgehead atoms. The quantitative estimate of drug-likeness (QED) is 0.449. The molecule has 0 saturated carbocycles. The Morgan fingerprint density at radius 1 is 1.24 bits per heavy atom. The first-order valence-corrected chi connectivity index (χ1v) is 8.43. The zero-order chi connectivity index (χ0) is 15.5. The van der Waals surface area contributed by atoms with Crippen LogP contribution in [0.2, 0.25) is 0 Å². The summed E-state index contributed by atoms with van der Waals surface area (Å²) in [6.45, 7) is 2.97. The molecule has 0 heterocycles. The van der Waals surface area contributed by atoms with Crippen molar-refractivity contribution in [3.8, 4) is 0 Å². The van der Waals surface area contributed by atoms with Crippen LogP contribution >= 0.6 is 22.6 Å². The van der Waals surface area contributed by atoms with Crippen molar-refractivity contribution in [1.29, 1.82) is 0 Å². The Morgan fingerprint density at radius 2 is 2.00 bits per heavy atom. The summed E-state index contributed by atoms with van der Waals surface area (Å²) in [4.78, 5) is 0. The van der Waals surface area contributed by atoms with E-state index in [-0.39, 0.29) is 19.0 Å². The first-order valence-electron chi connectivity index (χ1n) is 7.35. The van der Waals surface area contributed by atoms with Crippen molar-refractivity contribution >= 4 is 22.6 Å². The molecule has 0 aromatic heterocycles. The molecule has 1 aromatic rings. The van der Waals surface area contributed by atoms with Crippen LogP contribution in [-0.2, 0) is 14.2 Å². The van der Waals surface area contributed by atoms with Crippen molar-refractivity contribution in [2.24, 2.45) is 0 Å². The van der Waals surface area contributed by atoms with Gasteiger partial charge in [0, 0.05) is 10.7 Å². The van der Waals surface area contributed by atoms with Gasteiger partial charge in [-0.05, 0) is 47.7 Å². The van der Waals surface area contributed by atoms with Gasteiger partial charge in [-0.2, -0.15) is 0 Å². The van der Waals surface area contributed by atoms with Gasteiger partial charge in [-0.1, -0.05) is 38.0 Å². The summed E-state index contributed by atoms with van der Waals surface area (Å²) >= 11 is 2.34. The van der Waals surface area contributed by atoms with Gasteiger partial charge in [-0.15, -0.1) is 0 Å². The molecule has 5 heteroatoms. The smallest absolute Gasteiger partial charge is 0.147 e. The van der Waals surface area contributed by atoms with Gasteiger partial charge in [-0.3, -0.25) is 5.32 Å². The SMILES string of the molecule is CCCC[C@H](OCNC)[C@@H](OCOC)c1ccccc1I. The fourth-order valence-electron chi connectivity index (χ4n) is 2.16. The first-order chi connectivity index (χ1) is 10.2. The highest BCUT2D eigenvalue weighted by atomic mass is 127. The zero-order valence-corrected chi connectivity index (χ0v) is 15.3. The molecule has 0 aliphatic heterocycles. The summed E-state index contributed by atoms with van der Waals surface area (Å²) in [5, 5.41) is 3.04. The molecule has 0 amide bonds. The Bertz CT molecular complexity index is 382. The lowest BCUT2D eigenvalue weighted by atomic mass is 10.00. The van der Waals surface area contributed by atoms with Gasteiger partial charge >= 0.3 is 0 Å². The van der Waals surface area contributed by atoms with Gasteiger partial charge in [0.1, 0.15) is 12.9 Å². The average molecular weight is 407 g/mol. The Labute approximate surface area is 141 Å². The van der Waals surface area contributed by atoms with E-state index in [0.29, 0.717) is 6.73 Å². The fraction of sp³-hybridized carbons (Fsp3) is 0.625. The lowest BCUT2D eigenvalue weighted by molar-refractivity contribution is -0.135. The first kappa shape index (κ1) is 18.8. The van der Waals surface area contributed by atoms with Gasteiger partial charge < -0.3 is 14.2 Å². The van der Waals surface area contributed by atoms with Crippen LogP contribution in [0.5, 0.6) is 0 Å². The van der Waals surface area contributed by atoms with E-state index in [2.05, 4.69) is 47.0 Å². The highest BCUT2D eigenvalue weighted by Crippen LogP contribution is 2.30. The number of hydrogen-bond donors (Lipinski definition) is 1. The second-order valence-electron chi connectivity index (χ2n) is 4.86. The third-order valence-electron chi connectivity index (χ3n) is 3.20. The largest absolute Gasteiger partial charge is 0.360 e. The molecule has 1 aromatic carbocycles. The maximum atomic E-state index is 5.97. The fourth-order valence-corrected chi connectivity index (χ4v) is 2.86. The van der Waals surface area contributed by atoms with Gasteiger partial charge in [-0.25, -0.2) is 0 Å². The van der Waals surface area contributed by atoms with Crippen LogP contribution < -0.4 is 5.32 Å². The van der Waals surface area contributed by atoms with E-state index in [9.17, 15) is 0 Å². The second kappa shape index (κ2) is 11.4. The molecule has 1 rings (SSSR count). The highest BCUT2D eigenvalue weighted by molar-refractivity contribution is 14.1. The summed E-state index contributed by atoms with van der Waals surface area (Å²) in [6, 6.07) is 8.27. The molecule has 0 saturated heterocycles. The Kier molecular flexibility index (Phi) is 10.2. The van der Waals surface area contributed by atoms with Crippen molar-refractivity contribution in [2.45, 2.75) is 38.4 Å². The normalized spacial score (nSPS) is 14.1. The molecule has 4 nitrogen and oxygen atoms in total. The molecule has 0 fully saturated rings. The number of benzene rings is 1. The van der Waals surface area contributed by atoms with Crippen molar-refractivity contribution in [3.05, 3.63) is 33.4 Å². The summed E-state index contributed by atoms with van der Waals surface area (Å²) < 4.78 is 18.2. The molecule has 120 valence electrons.